The number of methoxy groups -OCH3 is 1. The SMILES string of the molecule is COC(=O)CCN(C)S(=O)(=O)NC1CCSCC1. The summed E-state index contributed by atoms with van der Waals surface area (Å²) in [4.78, 5) is 11.0. The molecule has 0 aliphatic carbocycles. The molecular weight excluding hydrogens is 276 g/mol. The molecule has 0 spiro atoms. The predicted molar refractivity (Wildman–Crippen MR) is 71.7 cm³/mol. The van der Waals surface area contributed by atoms with Crippen LogP contribution in [0.1, 0.15) is 19.3 Å². The van der Waals surface area contributed by atoms with Crippen molar-refractivity contribution in [3.05, 3.63) is 0 Å². The van der Waals surface area contributed by atoms with Crippen LogP contribution >= 0.6 is 11.8 Å². The maximum atomic E-state index is 12.0. The summed E-state index contributed by atoms with van der Waals surface area (Å²) in [7, 11) is -0.750. The molecule has 1 N–H and O–H groups in total. The van der Waals surface area contributed by atoms with Crippen molar-refractivity contribution in [3.63, 3.8) is 0 Å². The summed E-state index contributed by atoms with van der Waals surface area (Å²) < 4.78 is 32.2. The first-order valence-electron chi connectivity index (χ1n) is 5.84. The van der Waals surface area contributed by atoms with E-state index in [-0.39, 0.29) is 19.0 Å². The second-order valence-corrected chi connectivity index (χ2v) is 7.19. The normalized spacial score (nSPS) is 17.9. The van der Waals surface area contributed by atoms with Gasteiger partial charge in [-0.05, 0) is 24.3 Å². The van der Waals surface area contributed by atoms with E-state index in [2.05, 4.69) is 9.46 Å². The van der Waals surface area contributed by atoms with Gasteiger partial charge in [-0.2, -0.15) is 29.2 Å². The van der Waals surface area contributed by atoms with Crippen LogP contribution in [-0.4, -0.2) is 56.9 Å². The standard InChI is InChI=1S/C10H20N2O4S2/c1-12(6-3-10(13)16-2)18(14,15)11-9-4-7-17-8-5-9/h9,11H,3-8H2,1-2H3. The van der Waals surface area contributed by atoms with Crippen LogP contribution in [0.2, 0.25) is 0 Å². The Bertz CT molecular complexity index is 366. The number of rotatable bonds is 6. The van der Waals surface area contributed by atoms with Crippen molar-refractivity contribution in [1.82, 2.24) is 9.03 Å². The molecule has 0 atom stereocenters. The first-order chi connectivity index (χ1) is 8.45. The number of carbonyl (C=O) groups excluding carboxylic acids is 1. The van der Waals surface area contributed by atoms with E-state index in [9.17, 15) is 13.2 Å². The van der Waals surface area contributed by atoms with E-state index in [1.165, 1.54) is 14.2 Å². The van der Waals surface area contributed by atoms with Gasteiger partial charge < -0.3 is 4.74 Å². The third-order valence-electron chi connectivity index (χ3n) is 2.81. The topological polar surface area (TPSA) is 75.7 Å². The van der Waals surface area contributed by atoms with Gasteiger partial charge in [0, 0.05) is 19.6 Å². The maximum Gasteiger partial charge on any atom is 0.306 e. The van der Waals surface area contributed by atoms with Crippen LogP contribution < -0.4 is 4.72 Å². The van der Waals surface area contributed by atoms with Gasteiger partial charge in [0.25, 0.3) is 10.2 Å². The molecule has 0 amide bonds. The van der Waals surface area contributed by atoms with Gasteiger partial charge in [-0.25, -0.2) is 0 Å². The summed E-state index contributed by atoms with van der Waals surface area (Å²) in [5, 5.41) is 0. The number of ether oxygens (including phenoxy) is 1. The number of nitrogens with one attached hydrogen (secondary N) is 1. The lowest BCUT2D eigenvalue weighted by Gasteiger charge is -2.25. The highest BCUT2D eigenvalue weighted by atomic mass is 32.2. The highest BCUT2D eigenvalue weighted by Crippen LogP contribution is 2.17. The molecule has 18 heavy (non-hydrogen) atoms. The fraction of sp³-hybridized carbons (Fsp3) is 0.900. The van der Waals surface area contributed by atoms with Crippen molar-refractivity contribution in [3.8, 4) is 0 Å². The van der Waals surface area contributed by atoms with Crippen molar-refractivity contribution in [2.24, 2.45) is 0 Å². The molecule has 1 rings (SSSR count). The quantitative estimate of drug-likeness (QED) is 0.709. The third-order valence-corrected chi connectivity index (χ3v) is 5.49. The lowest BCUT2D eigenvalue weighted by Crippen LogP contribution is -2.45. The van der Waals surface area contributed by atoms with Gasteiger partial charge in [-0.15, -0.1) is 0 Å². The summed E-state index contributed by atoms with van der Waals surface area (Å²) in [5.41, 5.74) is 0. The third kappa shape index (κ3) is 5.13. The summed E-state index contributed by atoms with van der Waals surface area (Å²) in [5.74, 6) is 1.56. The van der Waals surface area contributed by atoms with E-state index in [1.807, 2.05) is 11.8 Å². The minimum absolute atomic E-state index is 0.0110. The predicted octanol–water partition coefficient (Wildman–Crippen LogP) is 0.211. The smallest absolute Gasteiger partial charge is 0.306 e. The van der Waals surface area contributed by atoms with Crippen molar-refractivity contribution < 1.29 is 17.9 Å². The molecule has 1 fully saturated rings. The van der Waals surface area contributed by atoms with E-state index < -0.39 is 16.2 Å². The minimum atomic E-state index is -3.50. The molecule has 0 radical (unpaired) electrons. The van der Waals surface area contributed by atoms with Gasteiger partial charge in [-0.3, -0.25) is 4.79 Å². The molecule has 0 aromatic heterocycles. The maximum absolute atomic E-state index is 12.0. The number of esters is 1. The number of nitrogens with zero attached hydrogens (tertiary/aromatic N) is 1. The molecule has 0 aromatic rings. The highest BCUT2D eigenvalue weighted by Gasteiger charge is 2.24. The first kappa shape index (κ1) is 15.7. The van der Waals surface area contributed by atoms with Crippen LogP contribution in [0, 0.1) is 0 Å². The van der Waals surface area contributed by atoms with Crippen LogP contribution in [0.3, 0.4) is 0 Å². The van der Waals surface area contributed by atoms with Crippen LogP contribution in [0.5, 0.6) is 0 Å². The zero-order valence-corrected chi connectivity index (χ0v) is 12.3. The average Bonchev–Trinajstić information content (AvgIpc) is 2.36. The number of hydrogen-bond acceptors (Lipinski definition) is 5. The molecule has 1 saturated heterocycles. The Hall–Kier alpha value is -0.310. The minimum Gasteiger partial charge on any atom is -0.469 e. The fourth-order valence-corrected chi connectivity index (χ4v) is 3.86. The van der Waals surface area contributed by atoms with Crippen LogP contribution in [-0.2, 0) is 19.7 Å². The molecule has 1 aliphatic rings. The number of thioether (sulfide) groups is 1. The second-order valence-electron chi connectivity index (χ2n) is 4.16. The van der Waals surface area contributed by atoms with Crippen molar-refractivity contribution in [1.29, 1.82) is 0 Å². The number of carbonyl (C=O) groups is 1. The Labute approximate surface area is 113 Å². The highest BCUT2D eigenvalue weighted by molar-refractivity contribution is 7.99. The van der Waals surface area contributed by atoms with Gasteiger partial charge in [0.15, 0.2) is 0 Å². The second kappa shape index (κ2) is 7.32. The molecule has 1 heterocycles. The molecule has 0 unspecified atom stereocenters. The average molecular weight is 296 g/mol. The lowest BCUT2D eigenvalue weighted by atomic mass is 10.2. The van der Waals surface area contributed by atoms with E-state index in [0.29, 0.717) is 0 Å². The summed E-state index contributed by atoms with van der Waals surface area (Å²) in [6, 6.07) is 0.0110. The zero-order chi connectivity index (χ0) is 13.6. The van der Waals surface area contributed by atoms with Crippen molar-refractivity contribution in [2.75, 3.05) is 32.2 Å². The van der Waals surface area contributed by atoms with Crippen molar-refractivity contribution in [2.45, 2.75) is 25.3 Å². The molecule has 8 heteroatoms. The Morgan fingerprint density at radius 3 is 2.61 bits per heavy atom. The summed E-state index contributed by atoms with van der Waals surface area (Å²) >= 11 is 1.84. The Balaban J connectivity index is 2.43. The van der Waals surface area contributed by atoms with Crippen molar-refractivity contribution >= 4 is 27.9 Å². The van der Waals surface area contributed by atoms with Crippen LogP contribution in [0.15, 0.2) is 0 Å². The van der Waals surface area contributed by atoms with Gasteiger partial charge >= 0.3 is 5.97 Å². The lowest BCUT2D eigenvalue weighted by molar-refractivity contribution is -0.140. The molecule has 6 nitrogen and oxygen atoms in total. The molecule has 106 valence electrons. The van der Waals surface area contributed by atoms with Gasteiger partial charge in [0.2, 0.25) is 0 Å². The largest absolute Gasteiger partial charge is 0.469 e. The molecule has 1 aliphatic heterocycles. The van der Waals surface area contributed by atoms with Gasteiger partial charge in [0.05, 0.1) is 13.5 Å². The summed E-state index contributed by atoms with van der Waals surface area (Å²) in [6.07, 6.45) is 1.78. The molecule has 0 aromatic carbocycles. The zero-order valence-electron chi connectivity index (χ0n) is 10.7. The van der Waals surface area contributed by atoms with E-state index in [0.717, 1.165) is 28.7 Å². The molecular formula is C10H20N2O4S2. The Morgan fingerprint density at radius 2 is 2.06 bits per heavy atom. The number of hydrogen-bond donors (Lipinski definition) is 1. The monoisotopic (exact) mass is 296 g/mol. The summed E-state index contributed by atoms with van der Waals surface area (Å²) in [6.45, 7) is 0.128. The van der Waals surface area contributed by atoms with Gasteiger partial charge in [-0.1, -0.05) is 0 Å². The van der Waals surface area contributed by atoms with Crippen LogP contribution in [0.4, 0.5) is 0 Å². The fourth-order valence-electron chi connectivity index (χ4n) is 1.59. The van der Waals surface area contributed by atoms with E-state index in [4.69, 9.17) is 0 Å². The van der Waals surface area contributed by atoms with E-state index in [1.54, 1.807) is 0 Å². The van der Waals surface area contributed by atoms with Crippen LogP contribution in [0.25, 0.3) is 0 Å². The Kier molecular flexibility index (Phi) is 6.40. The van der Waals surface area contributed by atoms with E-state index >= 15 is 0 Å². The molecule has 0 bridgehead atoms. The Morgan fingerprint density at radius 1 is 1.44 bits per heavy atom. The van der Waals surface area contributed by atoms with Gasteiger partial charge in [0.1, 0.15) is 0 Å². The molecule has 0 saturated carbocycles. The first-order valence-corrected chi connectivity index (χ1v) is 8.43.